The largest absolute Gasteiger partial charge is 0.481 e. The van der Waals surface area contributed by atoms with Gasteiger partial charge in [0.2, 0.25) is 0 Å². The Bertz CT molecular complexity index is 378. The van der Waals surface area contributed by atoms with Crippen LogP contribution in [0.25, 0.3) is 0 Å². The van der Waals surface area contributed by atoms with Gasteiger partial charge in [0.25, 0.3) is 5.97 Å². The van der Waals surface area contributed by atoms with Crippen molar-refractivity contribution >= 4 is 11.9 Å². The van der Waals surface area contributed by atoms with Crippen LogP contribution in [0.2, 0.25) is 0 Å². The molecule has 0 aliphatic rings. The predicted octanol–water partition coefficient (Wildman–Crippen LogP) is 2.49. The molecule has 0 aliphatic heterocycles. The maximum Gasteiger partial charge on any atom is 0.300 e. The molecule has 1 rings (SSSR count). The number of carboxylic acid groups (broad SMARTS) is 1. The van der Waals surface area contributed by atoms with Gasteiger partial charge in [-0.15, -0.1) is 0 Å². The van der Waals surface area contributed by atoms with Gasteiger partial charge in [-0.25, -0.2) is 4.39 Å². The van der Waals surface area contributed by atoms with E-state index in [1.807, 2.05) is 6.07 Å². The predicted molar refractivity (Wildman–Crippen MR) is 79.0 cm³/mol. The molecule has 0 aromatic heterocycles. The van der Waals surface area contributed by atoms with Crippen molar-refractivity contribution in [2.75, 3.05) is 0 Å². The SMILES string of the molecule is CC(=O)O.CCCCCc1cccc(F)c1.N=C(N)N. The van der Waals surface area contributed by atoms with E-state index in [1.165, 1.54) is 25.3 Å². The van der Waals surface area contributed by atoms with Crippen LogP contribution in [0, 0.1) is 11.2 Å². The van der Waals surface area contributed by atoms with Crippen molar-refractivity contribution in [3.63, 3.8) is 0 Å². The van der Waals surface area contributed by atoms with Crippen LogP contribution < -0.4 is 11.5 Å². The third kappa shape index (κ3) is 21.2. The summed E-state index contributed by atoms with van der Waals surface area (Å²) < 4.78 is 12.7. The zero-order valence-electron chi connectivity index (χ0n) is 12.0. The number of nitrogens with one attached hydrogen (secondary N) is 1. The molecule has 6 N–H and O–H groups in total. The van der Waals surface area contributed by atoms with Crippen LogP contribution in [0.15, 0.2) is 24.3 Å². The summed E-state index contributed by atoms with van der Waals surface area (Å²) in [4.78, 5) is 9.00. The van der Waals surface area contributed by atoms with Crippen molar-refractivity contribution < 1.29 is 14.3 Å². The second-order valence-electron chi connectivity index (χ2n) is 4.06. The lowest BCUT2D eigenvalue weighted by molar-refractivity contribution is -0.134. The van der Waals surface area contributed by atoms with Crippen molar-refractivity contribution in [3.8, 4) is 0 Å². The second kappa shape index (κ2) is 13.3. The van der Waals surface area contributed by atoms with Gasteiger partial charge in [-0.05, 0) is 30.5 Å². The standard InChI is InChI=1S/C11H15F.C2H4O2.CH5N3/c1-2-3-4-6-10-7-5-8-11(12)9-10;1-2(3)4;2-1(3)4/h5,7-9H,2-4,6H2,1H3;1H3,(H,3,4);(H5,2,3,4). The fourth-order valence-electron chi connectivity index (χ4n) is 1.27. The van der Waals surface area contributed by atoms with Crippen LogP contribution in [0.1, 0.15) is 38.7 Å². The monoisotopic (exact) mass is 285 g/mol. The molecule has 0 spiro atoms. The van der Waals surface area contributed by atoms with E-state index in [1.54, 1.807) is 12.1 Å². The summed E-state index contributed by atoms with van der Waals surface area (Å²) in [5.41, 5.74) is 10.1. The lowest BCUT2D eigenvalue weighted by Crippen LogP contribution is -2.20. The average Bonchev–Trinajstić information content (AvgIpc) is 2.28. The van der Waals surface area contributed by atoms with Crippen molar-refractivity contribution in [1.82, 2.24) is 0 Å². The van der Waals surface area contributed by atoms with Gasteiger partial charge < -0.3 is 16.6 Å². The zero-order valence-corrected chi connectivity index (χ0v) is 12.0. The van der Waals surface area contributed by atoms with Crippen LogP contribution in [-0.4, -0.2) is 17.0 Å². The molecule has 0 fully saturated rings. The van der Waals surface area contributed by atoms with Crippen molar-refractivity contribution in [3.05, 3.63) is 35.6 Å². The quantitative estimate of drug-likeness (QED) is 0.386. The minimum atomic E-state index is -0.833. The van der Waals surface area contributed by atoms with Gasteiger partial charge in [-0.3, -0.25) is 10.2 Å². The minimum Gasteiger partial charge on any atom is -0.481 e. The first-order chi connectivity index (χ1) is 9.29. The van der Waals surface area contributed by atoms with E-state index in [4.69, 9.17) is 15.3 Å². The lowest BCUT2D eigenvalue weighted by atomic mass is 10.1. The highest BCUT2D eigenvalue weighted by molar-refractivity contribution is 5.71. The first kappa shape index (κ1) is 20.2. The molecule has 1 aromatic carbocycles. The van der Waals surface area contributed by atoms with Gasteiger partial charge in [-0.2, -0.15) is 0 Å². The molecule has 6 heteroatoms. The highest BCUT2D eigenvalue weighted by Gasteiger charge is 1.94. The molecule has 1 aromatic rings. The molecule has 0 bridgehead atoms. The second-order valence-corrected chi connectivity index (χ2v) is 4.06. The molecule has 0 amide bonds. The molecule has 0 aliphatic carbocycles. The highest BCUT2D eigenvalue weighted by atomic mass is 19.1. The van der Waals surface area contributed by atoms with Gasteiger partial charge in [-0.1, -0.05) is 31.9 Å². The summed E-state index contributed by atoms with van der Waals surface area (Å²) in [5.74, 6) is -1.29. The lowest BCUT2D eigenvalue weighted by Gasteiger charge is -1.99. The van der Waals surface area contributed by atoms with E-state index in [0.29, 0.717) is 0 Å². The van der Waals surface area contributed by atoms with Crippen LogP contribution in [0.5, 0.6) is 0 Å². The summed E-state index contributed by atoms with van der Waals surface area (Å²) in [5, 5.41) is 13.5. The number of benzene rings is 1. The topological polar surface area (TPSA) is 113 Å². The smallest absolute Gasteiger partial charge is 0.300 e. The first-order valence-corrected chi connectivity index (χ1v) is 6.33. The van der Waals surface area contributed by atoms with Crippen molar-refractivity contribution in [2.45, 2.75) is 39.5 Å². The number of aliphatic carboxylic acids is 1. The number of carbonyl (C=O) groups is 1. The molecule has 0 atom stereocenters. The maximum absolute atomic E-state index is 12.7. The molecule has 0 saturated carbocycles. The van der Waals surface area contributed by atoms with Gasteiger partial charge in [0.15, 0.2) is 5.96 Å². The fraction of sp³-hybridized carbons (Fsp3) is 0.429. The number of hydrogen-bond acceptors (Lipinski definition) is 2. The van der Waals surface area contributed by atoms with E-state index in [2.05, 4.69) is 18.4 Å². The fourth-order valence-corrected chi connectivity index (χ4v) is 1.27. The number of carboxylic acids is 1. The number of nitrogens with two attached hydrogens (primary N) is 2. The molecule has 0 heterocycles. The van der Waals surface area contributed by atoms with E-state index in [9.17, 15) is 4.39 Å². The molecule has 114 valence electrons. The summed E-state index contributed by atoms with van der Waals surface area (Å²) in [7, 11) is 0. The molecule has 0 unspecified atom stereocenters. The van der Waals surface area contributed by atoms with Crippen LogP contribution in [0.4, 0.5) is 4.39 Å². The van der Waals surface area contributed by atoms with Gasteiger partial charge in [0, 0.05) is 6.92 Å². The zero-order chi connectivity index (χ0) is 16.0. The Morgan fingerprint density at radius 1 is 1.35 bits per heavy atom. The summed E-state index contributed by atoms with van der Waals surface area (Å²) in [6.07, 6.45) is 4.62. The van der Waals surface area contributed by atoms with Gasteiger partial charge in [0.1, 0.15) is 5.82 Å². The van der Waals surface area contributed by atoms with Crippen LogP contribution in [0.3, 0.4) is 0 Å². The van der Waals surface area contributed by atoms with E-state index >= 15 is 0 Å². The van der Waals surface area contributed by atoms with E-state index in [0.717, 1.165) is 18.9 Å². The Morgan fingerprint density at radius 2 is 1.85 bits per heavy atom. The van der Waals surface area contributed by atoms with Crippen molar-refractivity contribution in [2.24, 2.45) is 11.5 Å². The molecule has 20 heavy (non-hydrogen) atoms. The average molecular weight is 285 g/mol. The number of unbranched alkanes of at least 4 members (excludes halogenated alkanes) is 2. The Hall–Kier alpha value is -2.11. The van der Waals surface area contributed by atoms with Crippen LogP contribution >= 0.6 is 0 Å². The Labute approximate surface area is 119 Å². The van der Waals surface area contributed by atoms with E-state index in [-0.39, 0.29) is 11.8 Å². The van der Waals surface area contributed by atoms with E-state index < -0.39 is 5.97 Å². The molecule has 0 radical (unpaired) electrons. The highest BCUT2D eigenvalue weighted by Crippen LogP contribution is 2.08. The summed E-state index contributed by atoms with van der Waals surface area (Å²) in [6.45, 7) is 3.26. The third-order valence-corrected chi connectivity index (χ3v) is 1.96. The minimum absolute atomic E-state index is 0.121. The molecular formula is C14H24FN3O2. The maximum atomic E-state index is 12.7. The first-order valence-electron chi connectivity index (χ1n) is 6.33. The molecular weight excluding hydrogens is 261 g/mol. The number of halogens is 1. The van der Waals surface area contributed by atoms with Gasteiger partial charge in [0.05, 0.1) is 0 Å². The summed E-state index contributed by atoms with van der Waals surface area (Å²) in [6, 6.07) is 6.87. The number of rotatable bonds is 4. The Balaban J connectivity index is 0. The normalized spacial score (nSPS) is 8.55. The third-order valence-electron chi connectivity index (χ3n) is 1.96. The van der Waals surface area contributed by atoms with Crippen molar-refractivity contribution in [1.29, 1.82) is 5.41 Å². The molecule has 0 saturated heterocycles. The number of guanidine groups is 1. The number of aryl methyl sites for hydroxylation is 1. The summed E-state index contributed by atoms with van der Waals surface area (Å²) >= 11 is 0. The van der Waals surface area contributed by atoms with Gasteiger partial charge >= 0.3 is 0 Å². The Kier molecular flexibility index (Phi) is 13.5. The molecule has 5 nitrogen and oxygen atoms in total. The Morgan fingerprint density at radius 3 is 2.25 bits per heavy atom. The van der Waals surface area contributed by atoms with Crippen LogP contribution in [-0.2, 0) is 11.2 Å². The number of hydrogen-bond donors (Lipinski definition) is 4.